The number of nitrogen functional groups attached to an aromatic ring is 1. The molecule has 8 heteroatoms. The monoisotopic (exact) mass is 293 g/mol. The highest BCUT2D eigenvalue weighted by Gasteiger charge is 2.19. The average Bonchev–Trinajstić information content (AvgIpc) is 2.75. The van der Waals surface area contributed by atoms with Crippen LogP contribution in [-0.2, 0) is 17.1 Å². The summed E-state index contributed by atoms with van der Waals surface area (Å²) in [5, 5.41) is 7.47. The van der Waals surface area contributed by atoms with Crippen LogP contribution >= 0.6 is 0 Å². The first kappa shape index (κ1) is 14.1. The maximum absolute atomic E-state index is 12.2. The van der Waals surface area contributed by atoms with Gasteiger partial charge in [-0.15, -0.1) is 0 Å². The van der Waals surface area contributed by atoms with Crippen molar-refractivity contribution in [3.05, 3.63) is 41.9 Å². The van der Waals surface area contributed by atoms with Crippen molar-refractivity contribution >= 4 is 21.5 Å². The molecule has 0 amide bonds. The average molecular weight is 293 g/mol. The molecule has 0 atom stereocenters. The van der Waals surface area contributed by atoms with E-state index in [1.807, 2.05) is 0 Å². The van der Waals surface area contributed by atoms with Crippen LogP contribution in [0.25, 0.3) is 0 Å². The summed E-state index contributed by atoms with van der Waals surface area (Å²) in [5.74, 6) is -0.193. The zero-order chi connectivity index (χ0) is 14.9. The maximum atomic E-state index is 12.2. The minimum absolute atomic E-state index is 0.0870. The number of benzene rings is 1. The Morgan fingerprint density at radius 1 is 1.45 bits per heavy atom. The second-order valence-corrected chi connectivity index (χ2v) is 6.02. The Morgan fingerprint density at radius 3 is 2.70 bits per heavy atom. The van der Waals surface area contributed by atoms with Gasteiger partial charge in [-0.3, -0.25) is 10.1 Å². The highest BCUT2D eigenvalue weighted by atomic mass is 32.2. The van der Waals surface area contributed by atoms with Gasteiger partial charge < -0.3 is 10.3 Å². The predicted octanol–water partition coefficient (Wildman–Crippen LogP) is 0.813. The Hall–Kier alpha value is -2.35. The summed E-state index contributed by atoms with van der Waals surface area (Å²) in [5.41, 5.74) is 6.86. The van der Waals surface area contributed by atoms with E-state index in [1.54, 1.807) is 32.2 Å². The smallest absolute Gasteiger partial charge is 0.280 e. The number of hydrogen-bond acceptors (Lipinski definition) is 4. The second kappa shape index (κ2) is 4.97. The normalized spacial score (nSPS) is 11.3. The summed E-state index contributed by atoms with van der Waals surface area (Å²) in [4.78, 5) is 3.81. The van der Waals surface area contributed by atoms with Gasteiger partial charge in [-0.25, -0.2) is 4.98 Å². The van der Waals surface area contributed by atoms with Crippen LogP contribution in [0.1, 0.15) is 11.1 Å². The number of aryl methyl sites for hydroxylation is 2. The molecule has 1 aromatic carbocycles. The van der Waals surface area contributed by atoms with E-state index in [2.05, 4.69) is 9.71 Å². The van der Waals surface area contributed by atoms with Gasteiger partial charge in [0.1, 0.15) is 5.84 Å². The number of imidazole rings is 1. The van der Waals surface area contributed by atoms with Crippen LogP contribution in [0.15, 0.2) is 35.7 Å². The van der Waals surface area contributed by atoms with E-state index in [9.17, 15) is 8.42 Å². The molecule has 2 aromatic rings. The summed E-state index contributed by atoms with van der Waals surface area (Å²) in [6.07, 6.45) is 2.79. The van der Waals surface area contributed by atoms with Gasteiger partial charge in [0.15, 0.2) is 5.03 Å². The molecular weight excluding hydrogens is 278 g/mol. The fourth-order valence-electron chi connectivity index (χ4n) is 1.83. The Labute approximate surface area is 117 Å². The molecule has 0 unspecified atom stereocenters. The summed E-state index contributed by atoms with van der Waals surface area (Å²) in [6, 6.07) is 5.01. The first-order valence-corrected chi connectivity index (χ1v) is 7.24. The molecule has 0 radical (unpaired) electrons. The van der Waals surface area contributed by atoms with Crippen molar-refractivity contribution in [3.63, 3.8) is 0 Å². The lowest BCUT2D eigenvalue weighted by molar-refractivity contribution is 0.598. The van der Waals surface area contributed by atoms with Crippen LogP contribution in [0.5, 0.6) is 0 Å². The predicted molar refractivity (Wildman–Crippen MR) is 76.2 cm³/mol. The molecule has 0 aliphatic carbocycles. The first-order chi connectivity index (χ1) is 9.31. The zero-order valence-electron chi connectivity index (χ0n) is 11.1. The summed E-state index contributed by atoms with van der Waals surface area (Å²) in [7, 11) is -2.12. The van der Waals surface area contributed by atoms with Crippen LogP contribution in [0, 0.1) is 12.3 Å². The summed E-state index contributed by atoms with van der Waals surface area (Å²) in [6.45, 7) is 1.76. The molecule has 0 fully saturated rings. The number of nitrogens with two attached hydrogens (primary N) is 1. The standard InChI is InChI=1S/C12H15N5O2S/c1-8-4-3-5-9(11(8)12(13)14)16-20(18,19)10-6-17(2)7-15-10/h3-7,16H,1-2H3,(H3,13,14). The maximum Gasteiger partial charge on any atom is 0.280 e. The zero-order valence-corrected chi connectivity index (χ0v) is 11.9. The van der Waals surface area contributed by atoms with Crippen molar-refractivity contribution in [2.75, 3.05) is 4.72 Å². The quantitative estimate of drug-likeness (QED) is 0.571. The van der Waals surface area contributed by atoms with E-state index in [0.29, 0.717) is 5.56 Å². The molecule has 7 nitrogen and oxygen atoms in total. The van der Waals surface area contributed by atoms with Crippen molar-refractivity contribution in [2.45, 2.75) is 11.9 Å². The van der Waals surface area contributed by atoms with Gasteiger partial charge in [0.25, 0.3) is 10.0 Å². The third-order valence-corrected chi connectivity index (χ3v) is 3.99. The molecule has 1 aromatic heterocycles. The van der Waals surface area contributed by atoms with Crippen LogP contribution in [0.4, 0.5) is 5.69 Å². The van der Waals surface area contributed by atoms with Gasteiger partial charge in [-0.05, 0) is 18.6 Å². The lowest BCUT2D eigenvalue weighted by atomic mass is 10.1. The number of aromatic nitrogens is 2. The summed E-state index contributed by atoms with van der Waals surface area (Å²) < 4.78 is 28.4. The minimum Gasteiger partial charge on any atom is -0.384 e. The van der Waals surface area contributed by atoms with Gasteiger partial charge in [-0.1, -0.05) is 12.1 Å². The molecule has 0 bridgehead atoms. The Kier molecular flexibility index (Phi) is 3.49. The fraction of sp³-hybridized carbons (Fsp3) is 0.167. The van der Waals surface area contributed by atoms with E-state index >= 15 is 0 Å². The number of rotatable bonds is 4. The third-order valence-electron chi connectivity index (χ3n) is 2.74. The van der Waals surface area contributed by atoms with E-state index in [0.717, 1.165) is 5.56 Å². The molecular formula is C12H15N5O2S. The highest BCUT2D eigenvalue weighted by molar-refractivity contribution is 7.92. The Bertz CT molecular complexity index is 764. The molecule has 2 rings (SSSR count). The molecule has 0 aliphatic heterocycles. The largest absolute Gasteiger partial charge is 0.384 e. The van der Waals surface area contributed by atoms with E-state index in [1.165, 1.54) is 17.1 Å². The number of amidine groups is 1. The van der Waals surface area contributed by atoms with Crippen molar-refractivity contribution < 1.29 is 8.42 Å². The number of hydrogen-bond donors (Lipinski definition) is 3. The Morgan fingerprint density at radius 2 is 2.15 bits per heavy atom. The SMILES string of the molecule is Cc1cccc(NS(=O)(=O)c2cn(C)cn2)c1C(=N)N. The number of anilines is 1. The Balaban J connectivity index is 2.45. The van der Waals surface area contributed by atoms with E-state index < -0.39 is 10.0 Å². The molecule has 0 aliphatic rings. The molecule has 0 saturated heterocycles. The van der Waals surface area contributed by atoms with E-state index in [4.69, 9.17) is 11.1 Å². The van der Waals surface area contributed by atoms with Crippen LogP contribution in [0.3, 0.4) is 0 Å². The van der Waals surface area contributed by atoms with Gasteiger partial charge >= 0.3 is 0 Å². The van der Waals surface area contributed by atoms with Crippen LogP contribution in [-0.4, -0.2) is 23.8 Å². The summed E-state index contributed by atoms with van der Waals surface area (Å²) >= 11 is 0. The van der Waals surface area contributed by atoms with Gasteiger partial charge in [0, 0.05) is 18.8 Å². The van der Waals surface area contributed by atoms with Crippen molar-refractivity contribution in [1.29, 1.82) is 5.41 Å². The van der Waals surface area contributed by atoms with Crippen molar-refractivity contribution in [3.8, 4) is 0 Å². The number of nitrogens with zero attached hydrogens (tertiary/aromatic N) is 2. The molecule has 0 saturated carbocycles. The number of sulfonamides is 1. The van der Waals surface area contributed by atoms with Gasteiger partial charge in [0.05, 0.1) is 12.0 Å². The van der Waals surface area contributed by atoms with Crippen molar-refractivity contribution in [1.82, 2.24) is 9.55 Å². The minimum atomic E-state index is -3.80. The topological polar surface area (TPSA) is 114 Å². The molecule has 20 heavy (non-hydrogen) atoms. The van der Waals surface area contributed by atoms with Crippen molar-refractivity contribution in [2.24, 2.45) is 12.8 Å². The fourth-order valence-corrected chi connectivity index (χ4v) is 2.89. The van der Waals surface area contributed by atoms with Crippen LogP contribution in [0.2, 0.25) is 0 Å². The molecule has 4 N–H and O–H groups in total. The second-order valence-electron chi connectivity index (χ2n) is 4.39. The molecule has 106 valence electrons. The van der Waals surface area contributed by atoms with Gasteiger partial charge in [0.2, 0.25) is 0 Å². The van der Waals surface area contributed by atoms with Crippen LogP contribution < -0.4 is 10.5 Å². The lowest BCUT2D eigenvalue weighted by Crippen LogP contribution is -2.20. The first-order valence-electron chi connectivity index (χ1n) is 5.76. The lowest BCUT2D eigenvalue weighted by Gasteiger charge is -2.12. The third kappa shape index (κ3) is 2.64. The highest BCUT2D eigenvalue weighted by Crippen LogP contribution is 2.22. The van der Waals surface area contributed by atoms with E-state index in [-0.39, 0.29) is 16.5 Å². The van der Waals surface area contributed by atoms with Gasteiger partial charge in [-0.2, -0.15) is 8.42 Å². The molecule has 1 heterocycles. The number of nitrogens with one attached hydrogen (secondary N) is 2. The molecule has 0 spiro atoms.